The van der Waals surface area contributed by atoms with Gasteiger partial charge in [-0.2, -0.15) is 0 Å². The van der Waals surface area contributed by atoms with Crippen LogP contribution in [-0.2, 0) is 9.39 Å². The van der Waals surface area contributed by atoms with Crippen LogP contribution in [0.25, 0.3) is 0 Å². The highest BCUT2D eigenvalue weighted by Crippen LogP contribution is 2.28. The van der Waals surface area contributed by atoms with Crippen LogP contribution in [-0.4, -0.2) is 35.9 Å². The number of benzene rings is 2. The van der Waals surface area contributed by atoms with Crippen LogP contribution in [0.1, 0.15) is 26.2 Å². The van der Waals surface area contributed by atoms with E-state index in [1.807, 2.05) is 6.92 Å². The third-order valence-electron chi connectivity index (χ3n) is 3.99. The van der Waals surface area contributed by atoms with Crippen LogP contribution in [0.3, 0.4) is 0 Å². The molecule has 0 aliphatic rings. The van der Waals surface area contributed by atoms with Crippen LogP contribution < -0.4 is 10.2 Å². The monoisotopic (exact) mass is 387 g/mol. The van der Waals surface area contributed by atoms with Gasteiger partial charge < -0.3 is 19.2 Å². The summed E-state index contributed by atoms with van der Waals surface area (Å²) in [6, 6.07) is 14.7. The molecule has 1 unspecified atom stereocenters. The molecule has 0 aromatic heterocycles. The molecule has 0 aliphatic heterocycles. The second kappa shape index (κ2) is 10.9. The topological polar surface area (TPSA) is 108 Å². The second-order valence-corrected chi connectivity index (χ2v) is 5.99. The molecule has 0 saturated carbocycles. The number of hydrogen-bond acceptors (Lipinski definition) is 7. The van der Waals surface area contributed by atoms with Crippen molar-refractivity contribution < 1.29 is 28.9 Å². The largest absolute Gasteiger partial charge is 0.564 e. The first-order valence-electron chi connectivity index (χ1n) is 8.97. The van der Waals surface area contributed by atoms with E-state index in [9.17, 15) is 19.9 Å². The minimum absolute atomic E-state index is 0.0804. The Labute approximate surface area is 163 Å². The fraction of sp³-hybridized carbons (Fsp3) is 0.316. The summed E-state index contributed by atoms with van der Waals surface area (Å²) in [6.45, 7) is 1.99. The van der Waals surface area contributed by atoms with E-state index in [0.29, 0.717) is 24.7 Å². The summed E-state index contributed by atoms with van der Waals surface area (Å²) >= 11 is 0. The van der Waals surface area contributed by atoms with Crippen LogP contribution in [0, 0.1) is 10.1 Å². The first kappa shape index (κ1) is 21.2. The summed E-state index contributed by atoms with van der Waals surface area (Å²) in [5.41, 5.74) is 0.360. The third-order valence-corrected chi connectivity index (χ3v) is 3.99. The van der Waals surface area contributed by atoms with E-state index in [1.54, 1.807) is 48.5 Å². The molecular weight excluding hydrogens is 365 g/mol. The van der Waals surface area contributed by atoms with Gasteiger partial charge in [0, 0.05) is 6.07 Å². The molecular formula is C19H22BNO7. The van der Waals surface area contributed by atoms with Crippen molar-refractivity contribution in [2.24, 2.45) is 0 Å². The number of nitro benzene ring substituents is 1. The molecule has 0 aliphatic carbocycles. The van der Waals surface area contributed by atoms with E-state index < -0.39 is 18.2 Å². The second-order valence-electron chi connectivity index (χ2n) is 5.99. The Morgan fingerprint density at radius 2 is 1.86 bits per heavy atom. The first-order valence-corrected chi connectivity index (χ1v) is 8.97. The van der Waals surface area contributed by atoms with Crippen LogP contribution in [0.2, 0.25) is 0 Å². The molecule has 9 heteroatoms. The van der Waals surface area contributed by atoms with E-state index in [0.717, 1.165) is 0 Å². The van der Waals surface area contributed by atoms with Crippen molar-refractivity contribution in [3.8, 4) is 5.75 Å². The van der Waals surface area contributed by atoms with Crippen molar-refractivity contribution in [3.05, 3.63) is 64.7 Å². The lowest BCUT2D eigenvalue weighted by Crippen LogP contribution is -2.36. The summed E-state index contributed by atoms with van der Waals surface area (Å²) in [7, 11) is -1.39. The molecule has 2 aromatic rings. The van der Waals surface area contributed by atoms with Gasteiger partial charge in [-0.25, -0.2) is 4.79 Å². The lowest BCUT2D eigenvalue weighted by molar-refractivity contribution is -0.386. The maximum Gasteiger partial charge on any atom is 0.564 e. The van der Waals surface area contributed by atoms with Crippen molar-refractivity contribution in [1.29, 1.82) is 0 Å². The molecule has 28 heavy (non-hydrogen) atoms. The molecule has 0 bridgehead atoms. The fourth-order valence-electron chi connectivity index (χ4n) is 2.51. The molecule has 0 saturated heterocycles. The standard InChI is InChI=1S/C19H22BNO7/c1-2-16(27-18-13-7-6-12-17(18)21(24)25)11-8-14-26-19(22)28-20(23)15-9-4-3-5-10-15/h3-7,9-10,12-13,16,23H,2,8,11,14H2,1H3. The van der Waals surface area contributed by atoms with Gasteiger partial charge in [-0.3, -0.25) is 10.1 Å². The Balaban J connectivity index is 1.74. The summed E-state index contributed by atoms with van der Waals surface area (Å²) < 4.78 is 15.5. The smallest absolute Gasteiger partial charge is 0.484 e. The van der Waals surface area contributed by atoms with Gasteiger partial charge in [0.25, 0.3) is 0 Å². The number of rotatable bonds is 10. The Morgan fingerprint density at radius 1 is 1.18 bits per heavy atom. The van der Waals surface area contributed by atoms with Crippen LogP contribution in [0.15, 0.2) is 54.6 Å². The molecule has 0 fully saturated rings. The molecule has 0 radical (unpaired) electrons. The normalized spacial score (nSPS) is 11.4. The average molecular weight is 387 g/mol. The van der Waals surface area contributed by atoms with Crippen LogP contribution in [0.5, 0.6) is 5.75 Å². The molecule has 1 N–H and O–H groups in total. The van der Waals surface area contributed by atoms with Gasteiger partial charge in [0.15, 0.2) is 5.75 Å². The SMILES string of the molecule is CCC(CCCOC(=O)OB(O)c1ccccc1)Oc1ccccc1[N+](=O)[O-]. The van der Waals surface area contributed by atoms with Crippen molar-refractivity contribution in [1.82, 2.24) is 0 Å². The van der Waals surface area contributed by atoms with E-state index in [2.05, 4.69) is 0 Å². The van der Waals surface area contributed by atoms with Gasteiger partial charge in [-0.1, -0.05) is 49.4 Å². The number of para-hydroxylation sites is 2. The van der Waals surface area contributed by atoms with E-state index >= 15 is 0 Å². The number of hydrogen-bond donors (Lipinski definition) is 1. The molecule has 2 aromatic carbocycles. The molecule has 1 atom stereocenters. The minimum atomic E-state index is -1.39. The number of carbonyl (C=O) groups excluding carboxylic acids is 1. The van der Waals surface area contributed by atoms with Gasteiger partial charge >= 0.3 is 19.0 Å². The summed E-state index contributed by atoms with van der Waals surface area (Å²) in [6.07, 6.45) is 0.440. The summed E-state index contributed by atoms with van der Waals surface area (Å²) in [5, 5.41) is 20.9. The third kappa shape index (κ3) is 6.59. The Kier molecular flexibility index (Phi) is 8.29. The lowest BCUT2D eigenvalue weighted by atomic mass is 9.80. The molecule has 0 spiro atoms. The van der Waals surface area contributed by atoms with Gasteiger partial charge in [0.05, 0.1) is 17.6 Å². The Hall–Kier alpha value is -3.07. The summed E-state index contributed by atoms with van der Waals surface area (Å²) in [5.74, 6) is 0.214. The Bertz CT molecular complexity index is 772. The van der Waals surface area contributed by atoms with E-state index in [-0.39, 0.29) is 24.1 Å². The van der Waals surface area contributed by atoms with Crippen molar-refractivity contribution in [2.75, 3.05) is 6.61 Å². The van der Waals surface area contributed by atoms with Crippen LogP contribution >= 0.6 is 0 Å². The lowest BCUT2D eigenvalue weighted by Gasteiger charge is -2.17. The van der Waals surface area contributed by atoms with Crippen molar-refractivity contribution in [3.63, 3.8) is 0 Å². The van der Waals surface area contributed by atoms with E-state index in [4.69, 9.17) is 14.1 Å². The zero-order chi connectivity index (χ0) is 20.4. The fourth-order valence-corrected chi connectivity index (χ4v) is 2.51. The Morgan fingerprint density at radius 3 is 2.54 bits per heavy atom. The first-order chi connectivity index (χ1) is 13.5. The van der Waals surface area contributed by atoms with Gasteiger partial charge in [-0.15, -0.1) is 0 Å². The number of carbonyl (C=O) groups is 1. The average Bonchev–Trinajstić information content (AvgIpc) is 2.71. The van der Waals surface area contributed by atoms with E-state index in [1.165, 1.54) is 6.07 Å². The van der Waals surface area contributed by atoms with Crippen LogP contribution in [0.4, 0.5) is 10.5 Å². The molecule has 0 amide bonds. The van der Waals surface area contributed by atoms with Crippen molar-refractivity contribution in [2.45, 2.75) is 32.3 Å². The maximum absolute atomic E-state index is 11.6. The quantitative estimate of drug-likeness (QED) is 0.219. The molecule has 2 rings (SSSR count). The van der Waals surface area contributed by atoms with Gasteiger partial charge in [-0.05, 0) is 30.8 Å². The van der Waals surface area contributed by atoms with Gasteiger partial charge in [0.1, 0.15) is 0 Å². The number of ether oxygens (including phenoxy) is 2. The summed E-state index contributed by atoms with van der Waals surface area (Å²) in [4.78, 5) is 22.2. The zero-order valence-electron chi connectivity index (χ0n) is 15.5. The number of nitro groups is 1. The molecule has 0 heterocycles. The molecule has 8 nitrogen and oxygen atoms in total. The van der Waals surface area contributed by atoms with Gasteiger partial charge in [0.2, 0.25) is 0 Å². The highest BCUT2D eigenvalue weighted by Gasteiger charge is 2.22. The minimum Gasteiger partial charge on any atom is -0.484 e. The maximum atomic E-state index is 11.6. The van der Waals surface area contributed by atoms with Crippen molar-refractivity contribution >= 4 is 24.4 Å². The molecule has 148 valence electrons. The highest BCUT2D eigenvalue weighted by molar-refractivity contribution is 6.61. The predicted molar refractivity (Wildman–Crippen MR) is 104 cm³/mol. The zero-order valence-corrected chi connectivity index (χ0v) is 15.5. The predicted octanol–water partition coefficient (Wildman–Crippen LogP) is 3.07. The highest BCUT2D eigenvalue weighted by atomic mass is 16.7. The number of nitrogens with zero attached hydrogens (tertiary/aromatic N) is 1.